The van der Waals surface area contributed by atoms with Crippen LogP contribution in [0.1, 0.15) is 0 Å². The Hall–Kier alpha value is -2.37. The third-order valence-electron chi connectivity index (χ3n) is 2.32. The van der Waals surface area contributed by atoms with Crippen molar-refractivity contribution in [3.63, 3.8) is 0 Å². The van der Waals surface area contributed by atoms with E-state index in [9.17, 15) is 10.0 Å². The number of nitrogens with zero attached hydrogens (tertiary/aromatic N) is 3. The van der Waals surface area contributed by atoms with E-state index in [1.54, 1.807) is 36.3 Å². The summed E-state index contributed by atoms with van der Waals surface area (Å²) in [5.74, 6) is -0.000692. The Morgan fingerprint density at radius 3 is 2.71 bits per heavy atom. The van der Waals surface area contributed by atoms with Gasteiger partial charge in [0.2, 0.25) is 0 Å². The highest BCUT2D eigenvalue weighted by Gasteiger charge is 2.17. The summed E-state index contributed by atoms with van der Waals surface area (Å²) in [6.45, 7) is 0. The molecule has 1 aromatic heterocycles. The minimum Gasteiger partial charge on any atom is -0.508 e. The molecule has 88 valence electrons. The molecule has 0 unspecified atom stereocenters. The number of benzene rings is 1. The van der Waals surface area contributed by atoms with Crippen LogP contribution in [0.4, 0.5) is 5.69 Å². The van der Waals surface area contributed by atoms with Gasteiger partial charge in [-0.05, 0) is 11.6 Å². The van der Waals surface area contributed by atoms with Gasteiger partial charge in [0.15, 0.2) is 7.11 Å². The molecule has 2 aromatic rings. The summed E-state index contributed by atoms with van der Waals surface area (Å²) in [4.78, 5) is 16.2. The second-order valence-corrected chi connectivity index (χ2v) is 3.58. The third kappa shape index (κ3) is 2.25. The number of phenolic OH excluding ortho intramolecular Hbond substituents is 1. The Labute approximate surface area is 97.6 Å². The molecule has 0 spiro atoms. The van der Waals surface area contributed by atoms with Crippen LogP contribution in [-0.4, -0.2) is 26.9 Å². The van der Waals surface area contributed by atoms with Crippen molar-refractivity contribution in [2.24, 2.45) is 7.05 Å². The van der Waals surface area contributed by atoms with Gasteiger partial charge in [-0.2, -0.15) is 5.10 Å². The van der Waals surface area contributed by atoms with Gasteiger partial charge in [-0.1, -0.05) is 0 Å². The van der Waals surface area contributed by atoms with Crippen molar-refractivity contribution in [1.82, 2.24) is 9.78 Å². The van der Waals surface area contributed by atoms with E-state index in [1.807, 2.05) is 0 Å². The van der Waals surface area contributed by atoms with E-state index < -0.39 is 0 Å². The van der Waals surface area contributed by atoms with Gasteiger partial charge in [-0.25, -0.2) is 4.84 Å². The van der Waals surface area contributed by atoms with E-state index in [0.717, 1.165) is 5.56 Å². The number of aromatic hydroxyl groups is 1. The van der Waals surface area contributed by atoms with Crippen LogP contribution in [0.2, 0.25) is 0 Å². The summed E-state index contributed by atoms with van der Waals surface area (Å²) in [6, 6.07) is 4.51. The fourth-order valence-electron chi connectivity index (χ4n) is 1.54. The van der Waals surface area contributed by atoms with Crippen molar-refractivity contribution in [3.8, 4) is 16.9 Å². The van der Waals surface area contributed by atoms with Crippen molar-refractivity contribution in [2.45, 2.75) is 0 Å². The molecular formula is C11H12N3O3+. The topological polar surface area (TPSA) is 67.4 Å². The van der Waals surface area contributed by atoms with Gasteiger partial charge < -0.3 is 5.11 Å². The second kappa shape index (κ2) is 4.25. The molecule has 1 aromatic carbocycles. The molecule has 0 fully saturated rings. The molecule has 0 aliphatic carbocycles. The maximum absolute atomic E-state index is 11.3. The number of phenols is 1. The van der Waals surface area contributed by atoms with Gasteiger partial charge in [-0.15, -0.1) is 0 Å². The molecule has 0 atom stereocenters. The highest BCUT2D eigenvalue weighted by Crippen LogP contribution is 2.28. The monoisotopic (exact) mass is 234 g/mol. The van der Waals surface area contributed by atoms with E-state index in [-0.39, 0.29) is 11.4 Å². The highest BCUT2D eigenvalue weighted by atomic mass is 16.8. The minimum atomic E-state index is -0.000692. The van der Waals surface area contributed by atoms with Crippen LogP contribution >= 0.6 is 0 Å². The Morgan fingerprint density at radius 2 is 2.12 bits per heavy atom. The average Bonchev–Trinajstić information content (AvgIpc) is 2.74. The number of hydrogen-bond donors (Lipinski definition) is 1. The van der Waals surface area contributed by atoms with Crippen molar-refractivity contribution in [1.29, 1.82) is 0 Å². The number of aromatic nitrogens is 2. The van der Waals surface area contributed by atoms with Gasteiger partial charge in [0.1, 0.15) is 5.75 Å². The van der Waals surface area contributed by atoms with E-state index in [4.69, 9.17) is 0 Å². The molecule has 0 amide bonds. The van der Waals surface area contributed by atoms with Gasteiger partial charge >= 0.3 is 5.69 Å². The molecule has 0 aliphatic heterocycles. The van der Waals surface area contributed by atoms with E-state index >= 15 is 0 Å². The van der Waals surface area contributed by atoms with Crippen molar-refractivity contribution in [2.75, 3.05) is 7.11 Å². The summed E-state index contributed by atoms with van der Waals surface area (Å²) in [6.07, 6.45) is 3.45. The lowest BCUT2D eigenvalue weighted by Crippen LogP contribution is -1.97. The van der Waals surface area contributed by atoms with E-state index in [2.05, 4.69) is 9.94 Å². The Morgan fingerprint density at radius 1 is 1.35 bits per heavy atom. The van der Waals surface area contributed by atoms with Crippen LogP contribution < -0.4 is 0 Å². The maximum Gasteiger partial charge on any atom is 0.321 e. The van der Waals surface area contributed by atoms with Crippen LogP contribution in [0, 0.1) is 4.91 Å². The van der Waals surface area contributed by atoms with E-state index in [1.165, 1.54) is 13.2 Å². The molecule has 6 nitrogen and oxygen atoms in total. The summed E-state index contributed by atoms with van der Waals surface area (Å²) in [5.41, 5.74) is 1.74. The highest BCUT2D eigenvalue weighted by molar-refractivity contribution is 5.66. The first kappa shape index (κ1) is 11.1. The Kier molecular flexibility index (Phi) is 2.78. The Bertz CT molecular complexity index is 563. The van der Waals surface area contributed by atoms with Crippen LogP contribution in [-0.2, 0) is 11.9 Å². The van der Waals surface area contributed by atoms with Crippen molar-refractivity contribution in [3.05, 3.63) is 35.5 Å². The smallest absolute Gasteiger partial charge is 0.321 e. The molecule has 0 bridgehead atoms. The molecule has 1 heterocycles. The third-order valence-corrected chi connectivity index (χ3v) is 2.32. The van der Waals surface area contributed by atoms with Crippen LogP contribution in [0.25, 0.3) is 11.1 Å². The van der Waals surface area contributed by atoms with Gasteiger partial charge in [0.25, 0.3) is 4.92 Å². The SMILES string of the molecule is CO[N+](=O)c1cc(O)cc(-c2cnn(C)c2)c1. The quantitative estimate of drug-likeness (QED) is 0.822. The number of rotatable bonds is 3. The molecule has 0 saturated heterocycles. The lowest BCUT2D eigenvalue weighted by Gasteiger charge is -1.98. The van der Waals surface area contributed by atoms with Crippen LogP contribution in [0.5, 0.6) is 5.75 Å². The largest absolute Gasteiger partial charge is 0.508 e. The maximum atomic E-state index is 11.3. The predicted octanol–water partition coefficient (Wildman–Crippen LogP) is 1.76. The van der Waals surface area contributed by atoms with Crippen LogP contribution in [0.15, 0.2) is 30.6 Å². The first-order chi connectivity index (χ1) is 8.10. The van der Waals surface area contributed by atoms with Crippen molar-refractivity contribution < 1.29 is 14.9 Å². The first-order valence-corrected chi connectivity index (χ1v) is 4.94. The van der Waals surface area contributed by atoms with Gasteiger partial charge in [0, 0.05) is 24.9 Å². The van der Waals surface area contributed by atoms with Crippen molar-refractivity contribution >= 4 is 5.69 Å². The summed E-state index contributed by atoms with van der Waals surface area (Å²) in [7, 11) is 3.06. The van der Waals surface area contributed by atoms with Crippen LogP contribution in [0.3, 0.4) is 0 Å². The molecule has 0 radical (unpaired) electrons. The first-order valence-electron chi connectivity index (χ1n) is 4.94. The zero-order valence-electron chi connectivity index (χ0n) is 9.49. The minimum absolute atomic E-state index is 0.000692. The van der Waals surface area contributed by atoms with Gasteiger partial charge in [0.05, 0.1) is 17.2 Å². The second-order valence-electron chi connectivity index (χ2n) is 3.58. The molecule has 0 saturated carbocycles. The predicted molar refractivity (Wildman–Crippen MR) is 60.6 cm³/mol. The molecule has 6 heteroatoms. The Balaban J connectivity index is 2.48. The molecular weight excluding hydrogens is 222 g/mol. The number of hydrogen-bond acceptors (Lipinski definition) is 4. The fraction of sp³-hybridized carbons (Fsp3) is 0.182. The normalized spacial score (nSPS) is 10.2. The fourth-order valence-corrected chi connectivity index (χ4v) is 1.54. The van der Waals surface area contributed by atoms with Gasteiger partial charge in [-0.3, -0.25) is 4.68 Å². The standard InChI is InChI=1S/C11H11N3O3/c1-13-7-9(6-12-13)8-3-10(14(16)17-2)5-11(15)4-8/h3-7H,1-2H3/p+1. The summed E-state index contributed by atoms with van der Waals surface area (Å²) < 4.78 is 1.64. The zero-order chi connectivity index (χ0) is 12.4. The summed E-state index contributed by atoms with van der Waals surface area (Å²) in [5, 5.41) is 13.6. The zero-order valence-corrected chi connectivity index (χ0v) is 9.49. The molecule has 1 N–H and O–H groups in total. The molecule has 2 rings (SSSR count). The molecule has 17 heavy (non-hydrogen) atoms. The van der Waals surface area contributed by atoms with E-state index in [0.29, 0.717) is 10.5 Å². The lowest BCUT2D eigenvalue weighted by atomic mass is 10.1. The number of aryl methyl sites for hydroxylation is 1. The lowest BCUT2D eigenvalue weighted by molar-refractivity contribution is -0.736. The summed E-state index contributed by atoms with van der Waals surface area (Å²) >= 11 is 0. The average molecular weight is 234 g/mol. The molecule has 0 aliphatic rings.